The molecule has 0 spiro atoms. The van der Waals surface area contributed by atoms with Crippen LogP contribution >= 0.6 is 11.6 Å². The van der Waals surface area contributed by atoms with Crippen LogP contribution in [0.1, 0.15) is 29.5 Å². The zero-order valence-corrected chi connectivity index (χ0v) is 10.8. The molecule has 1 heterocycles. The second-order valence-electron chi connectivity index (χ2n) is 3.52. The first kappa shape index (κ1) is 14.1. The highest BCUT2D eigenvalue weighted by Crippen LogP contribution is 2.10. The smallest absolute Gasteiger partial charge is 0.254 e. The molecule has 1 N–H and O–H groups in total. The van der Waals surface area contributed by atoms with Crippen molar-refractivity contribution in [2.45, 2.75) is 19.8 Å². The van der Waals surface area contributed by atoms with E-state index in [9.17, 15) is 4.79 Å². The van der Waals surface area contributed by atoms with Gasteiger partial charge in [-0.15, -0.1) is 11.6 Å². The van der Waals surface area contributed by atoms with Gasteiger partial charge in [0, 0.05) is 25.5 Å². The van der Waals surface area contributed by atoms with Gasteiger partial charge in [-0.1, -0.05) is 6.92 Å². The predicted octanol–water partition coefficient (Wildman–Crippen LogP) is 2.22. The van der Waals surface area contributed by atoms with Crippen molar-refractivity contribution in [3.63, 3.8) is 0 Å². The first-order chi connectivity index (χ1) is 8.29. The van der Waals surface area contributed by atoms with Crippen LogP contribution in [-0.4, -0.2) is 31.5 Å². The van der Waals surface area contributed by atoms with Gasteiger partial charge >= 0.3 is 0 Å². The van der Waals surface area contributed by atoms with E-state index in [1.54, 1.807) is 6.07 Å². The van der Waals surface area contributed by atoms with E-state index in [4.69, 9.17) is 20.8 Å². The van der Waals surface area contributed by atoms with Crippen LogP contribution in [0.3, 0.4) is 0 Å². The Balaban J connectivity index is 2.21. The van der Waals surface area contributed by atoms with Gasteiger partial charge in [0.25, 0.3) is 5.91 Å². The lowest BCUT2D eigenvalue weighted by Crippen LogP contribution is -2.25. The number of furan rings is 1. The summed E-state index contributed by atoms with van der Waals surface area (Å²) in [6.07, 6.45) is 3.04. The van der Waals surface area contributed by atoms with Gasteiger partial charge in [-0.05, 0) is 12.5 Å². The lowest BCUT2D eigenvalue weighted by molar-refractivity contribution is 0.0942. The molecule has 1 aromatic heterocycles. The van der Waals surface area contributed by atoms with Gasteiger partial charge in [-0.2, -0.15) is 0 Å². The van der Waals surface area contributed by atoms with Crippen LogP contribution in [0.15, 0.2) is 16.7 Å². The molecule has 0 saturated heterocycles. The van der Waals surface area contributed by atoms with Crippen LogP contribution in [0, 0.1) is 0 Å². The summed E-state index contributed by atoms with van der Waals surface area (Å²) in [5, 5.41) is 2.82. The van der Waals surface area contributed by atoms with Crippen LogP contribution < -0.4 is 5.32 Å². The number of carbonyl (C=O) groups is 1. The monoisotopic (exact) mass is 259 g/mol. The highest BCUT2D eigenvalue weighted by molar-refractivity contribution is 6.17. The number of carbonyl (C=O) groups excluding carboxylic acids is 1. The number of nitrogens with one attached hydrogen (secondary N) is 1. The van der Waals surface area contributed by atoms with Crippen LogP contribution in [0.2, 0.25) is 0 Å². The molecule has 1 aromatic rings. The summed E-state index contributed by atoms with van der Waals surface area (Å²) in [6.45, 7) is 3.71. The maximum Gasteiger partial charge on any atom is 0.254 e. The Morgan fingerprint density at radius 3 is 3.06 bits per heavy atom. The molecule has 1 amide bonds. The fraction of sp³-hybridized carbons (Fsp3) is 0.583. The second-order valence-corrected chi connectivity index (χ2v) is 3.90. The Morgan fingerprint density at radius 1 is 1.53 bits per heavy atom. The molecule has 96 valence electrons. The van der Waals surface area contributed by atoms with Crippen LogP contribution in [0.4, 0.5) is 0 Å². The number of hydrogen-bond donors (Lipinski definition) is 1. The number of amides is 1. The standard InChI is InChI=1S/C12H18ClNO3/c1-2-11-10(4-8-17-11)12(15)14-6-3-7-16-9-5-13/h4,8H,2-3,5-7,9H2,1H3,(H,14,15). The summed E-state index contributed by atoms with van der Waals surface area (Å²) < 4.78 is 10.4. The third kappa shape index (κ3) is 4.79. The van der Waals surface area contributed by atoms with E-state index in [1.807, 2.05) is 6.92 Å². The second kappa shape index (κ2) is 8.14. The average Bonchev–Trinajstić information content (AvgIpc) is 2.81. The SMILES string of the molecule is CCc1occc1C(=O)NCCCOCCCl. The van der Waals surface area contributed by atoms with Crippen LogP contribution in [0.5, 0.6) is 0 Å². The summed E-state index contributed by atoms with van der Waals surface area (Å²) in [5.41, 5.74) is 0.620. The molecule has 0 atom stereocenters. The number of ether oxygens (including phenoxy) is 1. The van der Waals surface area contributed by atoms with Crippen molar-refractivity contribution < 1.29 is 13.9 Å². The van der Waals surface area contributed by atoms with E-state index in [0.717, 1.165) is 12.2 Å². The number of alkyl halides is 1. The van der Waals surface area contributed by atoms with Gasteiger partial charge in [0.2, 0.25) is 0 Å². The number of aryl methyl sites for hydroxylation is 1. The average molecular weight is 260 g/mol. The third-order valence-electron chi connectivity index (χ3n) is 2.28. The van der Waals surface area contributed by atoms with E-state index in [2.05, 4.69) is 5.32 Å². The Hall–Kier alpha value is -1.00. The Bertz CT molecular complexity index is 338. The van der Waals surface area contributed by atoms with Crippen molar-refractivity contribution in [3.8, 4) is 0 Å². The largest absolute Gasteiger partial charge is 0.469 e. The fourth-order valence-corrected chi connectivity index (χ4v) is 1.55. The molecule has 5 heteroatoms. The van der Waals surface area contributed by atoms with Gasteiger partial charge in [0.05, 0.1) is 18.4 Å². The topological polar surface area (TPSA) is 51.5 Å². The highest BCUT2D eigenvalue weighted by atomic mass is 35.5. The molecule has 0 saturated carbocycles. The van der Waals surface area contributed by atoms with E-state index >= 15 is 0 Å². The molecule has 4 nitrogen and oxygen atoms in total. The molecule has 0 aromatic carbocycles. The van der Waals surface area contributed by atoms with Crippen molar-refractivity contribution in [1.82, 2.24) is 5.32 Å². The number of rotatable bonds is 8. The Morgan fingerprint density at radius 2 is 2.35 bits per heavy atom. The van der Waals surface area contributed by atoms with Crippen molar-refractivity contribution in [2.75, 3.05) is 25.6 Å². The molecule has 0 aliphatic heterocycles. The predicted molar refractivity (Wildman–Crippen MR) is 66.6 cm³/mol. The third-order valence-corrected chi connectivity index (χ3v) is 2.44. The maximum absolute atomic E-state index is 11.7. The Kier molecular flexibility index (Phi) is 6.74. The van der Waals surface area contributed by atoms with Crippen molar-refractivity contribution >= 4 is 17.5 Å². The molecular weight excluding hydrogens is 242 g/mol. The van der Waals surface area contributed by atoms with E-state index in [1.165, 1.54) is 6.26 Å². The van der Waals surface area contributed by atoms with Gasteiger partial charge < -0.3 is 14.5 Å². The maximum atomic E-state index is 11.7. The van der Waals surface area contributed by atoms with E-state index in [0.29, 0.717) is 37.6 Å². The van der Waals surface area contributed by atoms with E-state index in [-0.39, 0.29) is 5.91 Å². The Labute approximate surface area is 106 Å². The first-order valence-electron chi connectivity index (χ1n) is 5.77. The van der Waals surface area contributed by atoms with Crippen molar-refractivity contribution in [3.05, 3.63) is 23.7 Å². The van der Waals surface area contributed by atoms with Gasteiger partial charge in [-0.25, -0.2) is 0 Å². The lowest BCUT2D eigenvalue weighted by atomic mass is 10.2. The molecule has 0 aliphatic rings. The normalized spacial score (nSPS) is 10.5. The first-order valence-corrected chi connectivity index (χ1v) is 6.31. The number of hydrogen-bond acceptors (Lipinski definition) is 3. The molecule has 17 heavy (non-hydrogen) atoms. The van der Waals surface area contributed by atoms with Crippen molar-refractivity contribution in [2.24, 2.45) is 0 Å². The van der Waals surface area contributed by atoms with Crippen molar-refractivity contribution in [1.29, 1.82) is 0 Å². The minimum atomic E-state index is -0.0899. The lowest BCUT2D eigenvalue weighted by Gasteiger charge is -2.05. The zero-order valence-electron chi connectivity index (χ0n) is 10.0. The van der Waals surface area contributed by atoms with Crippen LogP contribution in [0.25, 0.3) is 0 Å². The van der Waals surface area contributed by atoms with E-state index < -0.39 is 0 Å². The van der Waals surface area contributed by atoms with Gasteiger partial charge in [-0.3, -0.25) is 4.79 Å². The molecule has 0 unspecified atom stereocenters. The quantitative estimate of drug-likeness (QED) is 0.575. The molecule has 1 rings (SSSR count). The molecular formula is C12H18ClNO3. The molecule has 0 bridgehead atoms. The highest BCUT2D eigenvalue weighted by Gasteiger charge is 2.11. The molecule has 0 radical (unpaired) electrons. The van der Waals surface area contributed by atoms with Crippen LogP contribution in [-0.2, 0) is 11.2 Å². The minimum absolute atomic E-state index is 0.0899. The summed E-state index contributed by atoms with van der Waals surface area (Å²) in [7, 11) is 0. The number of halogens is 1. The zero-order chi connectivity index (χ0) is 12.5. The summed E-state index contributed by atoms with van der Waals surface area (Å²) in [6, 6.07) is 1.69. The summed E-state index contributed by atoms with van der Waals surface area (Å²) in [4.78, 5) is 11.7. The minimum Gasteiger partial charge on any atom is -0.469 e. The summed E-state index contributed by atoms with van der Waals surface area (Å²) in [5.74, 6) is 1.13. The van der Waals surface area contributed by atoms with Gasteiger partial charge in [0.1, 0.15) is 5.76 Å². The fourth-order valence-electron chi connectivity index (χ4n) is 1.44. The molecule has 0 aliphatic carbocycles. The van der Waals surface area contributed by atoms with Gasteiger partial charge in [0.15, 0.2) is 0 Å². The summed E-state index contributed by atoms with van der Waals surface area (Å²) >= 11 is 5.46. The molecule has 0 fully saturated rings.